The summed E-state index contributed by atoms with van der Waals surface area (Å²) in [5, 5.41) is 6.49. The molecule has 0 saturated carbocycles. The van der Waals surface area contributed by atoms with Crippen LogP contribution >= 0.6 is 0 Å². The summed E-state index contributed by atoms with van der Waals surface area (Å²) in [6.45, 7) is 2.58. The van der Waals surface area contributed by atoms with Crippen LogP contribution in [0.2, 0.25) is 0 Å². The molecule has 0 radical (unpaired) electrons. The smallest absolute Gasteiger partial charge is 0.180 e. The molecular weight excluding hydrogens is 366 g/mol. The Kier molecular flexibility index (Phi) is 5.64. The molecule has 4 rings (SSSR count). The minimum absolute atomic E-state index is 0.217. The first-order chi connectivity index (χ1) is 14.2. The van der Waals surface area contributed by atoms with Crippen molar-refractivity contribution in [3.8, 4) is 5.75 Å². The topological polar surface area (TPSA) is 92.7 Å². The molecule has 152 valence electrons. The normalized spacial score (nSPS) is 16.8. The number of ether oxygens (including phenoxy) is 1. The first-order valence-corrected chi connectivity index (χ1v) is 9.78. The lowest BCUT2D eigenvalue weighted by molar-refractivity contribution is 0.415. The molecule has 1 aliphatic rings. The zero-order chi connectivity index (χ0) is 20.2. The number of benzene rings is 1. The molecule has 3 heterocycles. The Labute approximate surface area is 170 Å². The number of hydrogen-bond donors (Lipinski definition) is 3. The molecule has 0 spiro atoms. The standard InChI is InChI=1S/C21H27N7O/c1-23-8-3-4-17-14-28-11-9-24-21(28)20(26-17)25-16-5-6-18(19(12-16)29-2)27-10-7-15(22)13-27/h3-6,9,11-12,14-15,23H,7-8,10,13,22H2,1-2H3,(H,25,26). The number of nitrogens with zero attached hydrogens (tertiary/aromatic N) is 4. The van der Waals surface area contributed by atoms with Gasteiger partial charge in [-0.1, -0.05) is 6.08 Å². The molecule has 1 unspecified atom stereocenters. The molecule has 2 aromatic heterocycles. The fourth-order valence-corrected chi connectivity index (χ4v) is 3.57. The summed E-state index contributed by atoms with van der Waals surface area (Å²) in [4.78, 5) is 11.4. The van der Waals surface area contributed by atoms with E-state index in [1.165, 1.54) is 0 Å². The average Bonchev–Trinajstić information content (AvgIpc) is 3.37. The number of fused-ring (bicyclic) bond motifs is 1. The molecule has 1 aromatic carbocycles. The number of rotatable bonds is 7. The van der Waals surface area contributed by atoms with Crippen molar-refractivity contribution in [2.75, 3.05) is 44.0 Å². The predicted molar refractivity (Wildman–Crippen MR) is 117 cm³/mol. The van der Waals surface area contributed by atoms with E-state index in [0.717, 1.165) is 54.5 Å². The Morgan fingerprint density at radius 2 is 2.28 bits per heavy atom. The van der Waals surface area contributed by atoms with Crippen LogP contribution in [0.25, 0.3) is 11.7 Å². The Hall–Kier alpha value is -3.10. The third kappa shape index (κ3) is 4.18. The molecule has 0 bridgehead atoms. The van der Waals surface area contributed by atoms with Crippen LogP contribution < -0.4 is 26.0 Å². The maximum atomic E-state index is 6.06. The maximum Gasteiger partial charge on any atom is 0.180 e. The molecule has 0 amide bonds. The largest absolute Gasteiger partial charge is 0.495 e. The Bertz CT molecular complexity index is 1010. The number of methoxy groups -OCH3 is 1. The van der Waals surface area contributed by atoms with Crippen LogP contribution in [0.4, 0.5) is 17.2 Å². The van der Waals surface area contributed by atoms with Gasteiger partial charge in [0, 0.05) is 56.0 Å². The van der Waals surface area contributed by atoms with Gasteiger partial charge in [-0.3, -0.25) is 0 Å². The number of hydrogen-bond acceptors (Lipinski definition) is 7. The van der Waals surface area contributed by atoms with E-state index in [9.17, 15) is 0 Å². The molecule has 1 fully saturated rings. The van der Waals surface area contributed by atoms with Gasteiger partial charge >= 0.3 is 0 Å². The van der Waals surface area contributed by atoms with Crippen molar-refractivity contribution in [1.82, 2.24) is 19.7 Å². The van der Waals surface area contributed by atoms with E-state index in [1.807, 2.05) is 48.1 Å². The van der Waals surface area contributed by atoms with Crippen molar-refractivity contribution >= 4 is 28.9 Å². The zero-order valence-electron chi connectivity index (χ0n) is 16.8. The summed E-state index contributed by atoms with van der Waals surface area (Å²) < 4.78 is 7.62. The van der Waals surface area contributed by atoms with Gasteiger partial charge in [0.1, 0.15) is 5.75 Å². The van der Waals surface area contributed by atoms with E-state index >= 15 is 0 Å². The second-order valence-corrected chi connectivity index (χ2v) is 7.14. The van der Waals surface area contributed by atoms with Crippen LogP contribution in [0.15, 0.2) is 42.9 Å². The van der Waals surface area contributed by atoms with Crippen molar-refractivity contribution < 1.29 is 4.74 Å². The molecule has 1 atom stereocenters. The van der Waals surface area contributed by atoms with E-state index in [1.54, 1.807) is 13.3 Å². The van der Waals surface area contributed by atoms with Crippen LogP contribution in [0, 0.1) is 0 Å². The van der Waals surface area contributed by atoms with Gasteiger partial charge < -0.3 is 30.4 Å². The van der Waals surface area contributed by atoms with Crippen molar-refractivity contribution in [3.63, 3.8) is 0 Å². The lowest BCUT2D eigenvalue weighted by Crippen LogP contribution is -2.26. The van der Waals surface area contributed by atoms with E-state index < -0.39 is 0 Å². The quantitative estimate of drug-likeness (QED) is 0.567. The number of nitrogens with one attached hydrogen (secondary N) is 2. The van der Waals surface area contributed by atoms with Crippen molar-refractivity contribution in [2.45, 2.75) is 12.5 Å². The summed E-state index contributed by atoms with van der Waals surface area (Å²) in [6.07, 6.45) is 10.7. The fraction of sp³-hybridized carbons (Fsp3) is 0.333. The molecule has 8 nitrogen and oxygen atoms in total. The lowest BCUT2D eigenvalue weighted by atomic mass is 10.2. The summed E-state index contributed by atoms with van der Waals surface area (Å²) >= 11 is 0. The van der Waals surface area contributed by atoms with Gasteiger partial charge in [0.2, 0.25) is 0 Å². The van der Waals surface area contributed by atoms with Gasteiger partial charge in [-0.25, -0.2) is 9.97 Å². The Balaban J connectivity index is 1.63. The highest BCUT2D eigenvalue weighted by atomic mass is 16.5. The van der Waals surface area contributed by atoms with E-state index in [0.29, 0.717) is 5.82 Å². The monoisotopic (exact) mass is 393 g/mol. The molecule has 29 heavy (non-hydrogen) atoms. The van der Waals surface area contributed by atoms with Crippen LogP contribution in [0.3, 0.4) is 0 Å². The number of anilines is 3. The van der Waals surface area contributed by atoms with Crippen LogP contribution in [-0.4, -0.2) is 54.2 Å². The van der Waals surface area contributed by atoms with Crippen LogP contribution in [0.1, 0.15) is 12.1 Å². The molecule has 3 aromatic rings. The van der Waals surface area contributed by atoms with Crippen molar-refractivity contribution in [3.05, 3.63) is 48.6 Å². The number of imidazole rings is 1. The van der Waals surface area contributed by atoms with Crippen LogP contribution in [0.5, 0.6) is 5.75 Å². The summed E-state index contributed by atoms with van der Waals surface area (Å²) in [7, 11) is 3.60. The lowest BCUT2D eigenvalue weighted by Gasteiger charge is -2.21. The molecule has 4 N–H and O–H groups in total. The molecular formula is C21H27N7O. The molecule has 1 aliphatic heterocycles. The first kappa shape index (κ1) is 19.2. The van der Waals surface area contributed by atoms with E-state index in [2.05, 4.69) is 26.6 Å². The zero-order valence-corrected chi connectivity index (χ0v) is 16.8. The van der Waals surface area contributed by atoms with Crippen molar-refractivity contribution in [2.24, 2.45) is 5.73 Å². The molecule has 8 heteroatoms. The van der Waals surface area contributed by atoms with E-state index in [-0.39, 0.29) is 6.04 Å². The van der Waals surface area contributed by atoms with Gasteiger partial charge in [0.25, 0.3) is 0 Å². The third-order valence-electron chi connectivity index (χ3n) is 5.01. The van der Waals surface area contributed by atoms with Crippen molar-refractivity contribution in [1.29, 1.82) is 0 Å². The average molecular weight is 393 g/mol. The summed E-state index contributed by atoms with van der Waals surface area (Å²) in [6, 6.07) is 6.31. The van der Waals surface area contributed by atoms with Gasteiger partial charge in [-0.05, 0) is 31.7 Å². The van der Waals surface area contributed by atoms with E-state index in [4.69, 9.17) is 15.5 Å². The Morgan fingerprint density at radius 3 is 3.03 bits per heavy atom. The highest BCUT2D eigenvalue weighted by Gasteiger charge is 2.22. The number of nitrogens with two attached hydrogens (primary N) is 1. The number of likely N-dealkylation sites (N-methyl/N-ethyl adjacent to an activating group) is 1. The Morgan fingerprint density at radius 1 is 1.38 bits per heavy atom. The fourth-order valence-electron chi connectivity index (χ4n) is 3.57. The summed E-state index contributed by atoms with van der Waals surface area (Å²) in [5.74, 6) is 1.51. The van der Waals surface area contributed by atoms with Gasteiger partial charge in [0.15, 0.2) is 11.5 Å². The first-order valence-electron chi connectivity index (χ1n) is 9.78. The highest BCUT2D eigenvalue weighted by Crippen LogP contribution is 2.34. The minimum Gasteiger partial charge on any atom is -0.495 e. The second kappa shape index (κ2) is 8.50. The molecule has 0 aliphatic carbocycles. The van der Waals surface area contributed by atoms with Gasteiger partial charge in [-0.2, -0.15) is 0 Å². The molecule has 1 saturated heterocycles. The predicted octanol–water partition coefficient (Wildman–Crippen LogP) is 2.25. The SMILES string of the molecule is CNCC=Cc1cn2ccnc2c(Nc2ccc(N3CCC(N)C3)c(OC)c2)n1. The maximum absolute atomic E-state index is 6.06. The summed E-state index contributed by atoms with van der Waals surface area (Å²) in [5.41, 5.74) is 9.64. The number of aromatic nitrogens is 3. The highest BCUT2D eigenvalue weighted by molar-refractivity contribution is 5.74. The van der Waals surface area contributed by atoms with Gasteiger partial charge in [-0.15, -0.1) is 0 Å². The second-order valence-electron chi connectivity index (χ2n) is 7.14. The van der Waals surface area contributed by atoms with Gasteiger partial charge in [0.05, 0.1) is 18.5 Å². The minimum atomic E-state index is 0.217. The third-order valence-corrected chi connectivity index (χ3v) is 5.01. The van der Waals surface area contributed by atoms with Crippen LogP contribution in [-0.2, 0) is 0 Å².